The largest absolute Gasteiger partial charge is 0.493 e. The fraction of sp³-hybridized carbons (Fsp3) is 0.448. The minimum absolute atomic E-state index is 0.104. The van der Waals surface area contributed by atoms with E-state index in [9.17, 15) is 19.7 Å². The summed E-state index contributed by atoms with van der Waals surface area (Å²) in [6.07, 6.45) is 9.58. The van der Waals surface area contributed by atoms with Crippen molar-refractivity contribution >= 4 is 34.7 Å². The van der Waals surface area contributed by atoms with Crippen molar-refractivity contribution in [3.05, 3.63) is 74.2 Å². The number of rotatable bonds is 7. The maximum Gasteiger partial charge on any atom is 0.293 e. The van der Waals surface area contributed by atoms with Crippen LogP contribution in [0.15, 0.2) is 47.4 Å². The van der Waals surface area contributed by atoms with E-state index in [1.807, 2.05) is 13.0 Å². The number of nitro groups is 1. The molecule has 0 N–H and O–H groups in total. The van der Waals surface area contributed by atoms with Gasteiger partial charge >= 0.3 is 0 Å². The molecule has 2 amide bonds. The summed E-state index contributed by atoms with van der Waals surface area (Å²) >= 11 is 0.875. The predicted molar refractivity (Wildman–Crippen MR) is 142 cm³/mol. The molecule has 2 aromatic rings. The molecule has 4 saturated carbocycles. The molecule has 5 fully saturated rings. The Labute approximate surface area is 220 Å². The van der Waals surface area contributed by atoms with Crippen LogP contribution in [0.25, 0.3) is 6.08 Å². The SMILES string of the molecule is CCOc1ccc(C23CC4CC(CC(C4)C2)C3)cc1/C=C1\SC(=O)N(Cc2ccccc2[N+](=O)[O-])C1=O. The molecule has 1 aliphatic heterocycles. The Morgan fingerprint density at radius 3 is 2.41 bits per heavy atom. The number of nitro benzene ring substituents is 1. The van der Waals surface area contributed by atoms with Crippen molar-refractivity contribution in [2.24, 2.45) is 17.8 Å². The molecule has 0 spiro atoms. The Kier molecular flexibility index (Phi) is 6.10. The molecule has 8 heteroatoms. The monoisotopic (exact) mass is 518 g/mol. The first-order valence-corrected chi connectivity index (χ1v) is 13.9. The summed E-state index contributed by atoms with van der Waals surface area (Å²) in [6.45, 7) is 2.29. The number of hydrogen-bond acceptors (Lipinski definition) is 6. The number of thioether (sulfide) groups is 1. The highest BCUT2D eigenvalue weighted by atomic mass is 32.2. The van der Waals surface area contributed by atoms with Crippen molar-refractivity contribution in [2.75, 3.05) is 6.61 Å². The number of carbonyl (C=O) groups is 2. The van der Waals surface area contributed by atoms with Crippen molar-refractivity contribution in [1.29, 1.82) is 0 Å². The molecule has 4 bridgehead atoms. The van der Waals surface area contributed by atoms with E-state index in [4.69, 9.17) is 4.74 Å². The zero-order valence-electron chi connectivity index (χ0n) is 20.9. The zero-order valence-corrected chi connectivity index (χ0v) is 21.7. The maximum absolute atomic E-state index is 13.3. The van der Waals surface area contributed by atoms with Crippen LogP contribution in [-0.2, 0) is 16.8 Å². The molecule has 1 saturated heterocycles. The number of amides is 2. The standard InChI is InChI=1S/C29H30N2O5S/c1-2-36-25-8-7-23(29-14-18-9-19(15-29)11-20(10-18)16-29)12-22(25)13-26-27(32)30(28(33)37-26)17-21-5-3-4-6-24(21)31(34)35/h3-8,12-13,18-20H,2,9-11,14-17H2,1H3/b26-13-. The van der Waals surface area contributed by atoms with Gasteiger partial charge in [0.1, 0.15) is 5.75 Å². The number of hydrogen-bond donors (Lipinski definition) is 0. The number of nitrogens with zero attached hydrogens (tertiary/aromatic N) is 2. The summed E-state index contributed by atoms with van der Waals surface area (Å²) in [5, 5.41) is 11.0. The topological polar surface area (TPSA) is 89.8 Å². The smallest absolute Gasteiger partial charge is 0.293 e. The summed E-state index contributed by atoms with van der Waals surface area (Å²) in [5.74, 6) is 2.72. The van der Waals surface area contributed by atoms with Gasteiger partial charge in [-0.05, 0) is 104 Å². The summed E-state index contributed by atoms with van der Waals surface area (Å²) in [6, 6.07) is 12.6. The Bertz CT molecular complexity index is 1280. The number of benzene rings is 2. The van der Waals surface area contributed by atoms with Gasteiger partial charge in [0.05, 0.1) is 23.0 Å². The lowest BCUT2D eigenvalue weighted by molar-refractivity contribution is -0.385. The molecular formula is C29H30N2O5S. The van der Waals surface area contributed by atoms with E-state index in [0.29, 0.717) is 22.8 Å². The number of para-hydroxylation sites is 1. The van der Waals surface area contributed by atoms with E-state index in [1.54, 1.807) is 24.3 Å². The van der Waals surface area contributed by atoms with Gasteiger partial charge in [0.25, 0.3) is 16.8 Å². The third-order valence-corrected chi connectivity index (χ3v) is 9.54. The predicted octanol–water partition coefficient (Wildman–Crippen LogP) is 6.70. The van der Waals surface area contributed by atoms with Crippen LogP contribution in [-0.4, -0.2) is 27.6 Å². The molecular weight excluding hydrogens is 488 g/mol. The normalized spacial score (nSPS) is 29.4. The second-order valence-corrected chi connectivity index (χ2v) is 12.0. The Morgan fingerprint density at radius 2 is 1.76 bits per heavy atom. The molecule has 1 heterocycles. The van der Waals surface area contributed by atoms with E-state index in [2.05, 4.69) is 12.1 Å². The average Bonchev–Trinajstić information content (AvgIpc) is 3.12. The van der Waals surface area contributed by atoms with Crippen LogP contribution in [0.4, 0.5) is 10.5 Å². The van der Waals surface area contributed by atoms with Gasteiger partial charge in [-0.15, -0.1) is 0 Å². The lowest BCUT2D eigenvalue weighted by Gasteiger charge is -2.57. The first-order chi connectivity index (χ1) is 17.8. The fourth-order valence-electron chi connectivity index (χ4n) is 7.51. The molecule has 5 aliphatic rings. The number of ether oxygens (including phenoxy) is 1. The molecule has 192 valence electrons. The first kappa shape index (κ1) is 24.2. The minimum atomic E-state index is -0.492. The summed E-state index contributed by atoms with van der Waals surface area (Å²) in [7, 11) is 0. The maximum atomic E-state index is 13.3. The van der Waals surface area contributed by atoms with E-state index in [-0.39, 0.29) is 17.6 Å². The number of imide groups is 1. The Morgan fingerprint density at radius 1 is 1.08 bits per heavy atom. The molecule has 7 rings (SSSR count). The molecule has 4 aliphatic carbocycles. The van der Waals surface area contributed by atoms with Gasteiger partial charge in [-0.3, -0.25) is 24.6 Å². The summed E-state index contributed by atoms with van der Waals surface area (Å²) in [4.78, 5) is 38.4. The van der Waals surface area contributed by atoms with Crippen LogP contribution in [0.3, 0.4) is 0 Å². The van der Waals surface area contributed by atoms with Gasteiger partial charge in [0, 0.05) is 17.2 Å². The Hall–Kier alpha value is -3.13. The molecule has 0 atom stereocenters. The zero-order chi connectivity index (χ0) is 25.7. The highest BCUT2D eigenvalue weighted by Crippen LogP contribution is 2.61. The van der Waals surface area contributed by atoms with Crippen molar-refractivity contribution in [2.45, 2.75) is 57.4 Å². The first-order valence-electron chi connectivity index (χ1n) is 13.1. The van der Waals surface area contributed by atoms with Gasteiger partial charge in [0.15, 0.2) is 0 Å². The van der Waals surface area contributed by atoms with Gasteiger partial charge in [-0.2, -0.15) is 0 Å². The fourth-order valence-corrected chi connectivity index (χ4v) is 8.34. The van der Waals surface area contributed by atoms with Crippen molar-refractivity contribution < 1.29 is 19.2 Å². The molecule has 0 radical (unpaired) electrons. The van der Waals surface area contributed by atoms with E-state index in [0.717, 1.165) is 40.0 Å². The molecule has 0 unspecified atom stereocenters. The van der Waals surface area contributed by atoms with Gasteiger partial charge in [0.2, 0.25) is 0 Å². The van der Waals surface area contributed by atoms with Gasteiger partial charge < -0.3 is 4.74 Å². The van der Waals surface area contributed by atoms with Crippen molar-refractivity contribution in [3.8, 4) is 5.75 Å². The second-order valence-electron chi connectivity index (χ2n) is 11.0. The highest BCUT2D eigenvalue weighted by molar-refractivity contribution is 8.18. The van der Waals surface area contributed by atoms with Crippen LogP contribution in [0, 0.1) is 27.9 Å². The summed E-state index contributed by atoms with van der Waals surface area (Å²) < 4.78 is 5.91. The second kappa shape index (κ2) is 9.31. The molecule has 2 aromatic carbocycles. The molecule has 0 aromatic heterocycles. The van der Waals surface area contributed by atoms with E-state index >= 15 is 0 Å². The highest BCUT2D eigenvalue weighted by Gasteiger charge is 2.51. The average molecular weight is 519 g/mol. The minimum Gasteiger partial charge on any atom is -0.493 e. The van der Waals surface area contributed by atoms with Crippen LogP contribution in [0.1, 0.15) is 62.1 Å². The van der Waals surface area contributed by atoms with Crippen LogP contribution in [0.2, 0.25) is 0 Å². The van der Waals surface area contributed by atoms with Crippen molar-refractivity contribution in [1.82, 2.24) is 4.90 Å². The van der Waals surface area contributed by atoms with E-state index in [1.165, 1.54) is 50.2 Å². The lowest BCUT2D eigenvalue weighted by atomic mass is 9.48. The van der Waals surface area contributed by atoms with Gasteiger partial charge in [-0.1, -0.05) is 24.3 Å². The quantitative estimate of drug-likeness (QED) is 0.230. The number of carbonyl (C=O) groups excluding carboxylic acids is 2. The van der Waals surface area contributed by atoms with E-state index < -0.39 is 16.1 Å². The van der Waals surface area contributed by atoms with Crippen LogP contribution in [0.5, 0.6) is 5.75 Å². The van der Waals surface area contributed by atoms with Crippen LogP contribution >= 0.6 is 11.8 Å². The third-order valence-electron chi connectivity index (χ3n) is 8.64. The van der Waals surface area contributed by atoms with Crippen molar-refractivity contribution in [3.63, 3.8) is 0 Å². The van der Waals surface area contributed by atoms with Gasteiger partial charge in [-0.25, -0.2) is 0 Å². The lowest BCUT2D eigenvalue weighted by Crippen LogP contribution is -2.48. The molecule has 7 nitrogen and oxygen atoms in total. The van der Waals surface area contributed by atoms with Crippen LogP contribution < -0.4 is 4.74 Å². The third kappa shape index (κ3) is 4.35. The summed E-state index contributed by atoms with van der Waals surface area (Å²) in [5.41, 5.74) is 2.56. The Balaban J connectivity index is 1.31. The molecule has 37 heavy (non-hydrogen) atoms.